The summed E-state index contributed by atoms with van der Waals surface area (Å²) in [6.07, 6.45) is 0. The number of hydrogen-bond donors (Lipinski definition) is 0. The zero-order valence-corrected chi connectivity index (χ0v) is 15.7. The summed E-state index contributed by atoms with van der Waals surface area (Å²) in [4.78, 5) is 25.6. The number of methoxy groups -OCH3 is 1. The van der Waals surface area contributed by atoms with E-state index in [2.05, 4.69) is 4.74 Å². The summed E-state index contributed by atoms with van der Waals surface area (Å²) >= 11 is 5.90. The average molecular weight is 384 g/mol. The quantitative estimate of drug-likeness (QED) is 0.601. The summed E-state index contributed by atoms with van der Waals surface area (Å²) in [6, 6.07) is 17.4. The summed E-state index contributed by atoms with van der Waals surface area (Å²) in [5.74, 6) is 0.774. The molecule has 2 aromatic carbocycles. The molecule has 0 fully saturated rings. The van der Waals surface area contributed by atoms with Gasteiger partial charge in [-0.2, -0.15) is 0 Å². The van der Waals surface area contributed by atoms with Crippen molar-refractivity contribution >= 4 is 23.5 Å². The molecular weight excluding hydrogens is 366 g/mol. The first-order valence-electron chi connectivity index (χ1n) is 8.26. The Labute approximate surface area is 162 Å². The Hall–Kier alpha value is -3.05. The van der Waals surface area contributed by atoms with E-state index in [4.69, 9.17) is 16.0 Å². The number of furan rings is 1. The van der Waals surface area contributed by atoms with Crippen molar-refractivity contribution in [3.8, 4) is 11.3 Å². The van der Waals surface area contributed by atoms with Crippen LogP contribution in [0.5, 0.6) is 0 Å². The molecule has 6 heteroatoms. The topological polar surface area (TPSA) is 59.8 Å². The van der Waals surface area contributed by atoms with Gasteiger partial charge in [-0.15, -0.1) is 0 Å². The monoisotopic (exact) mass is 383 g/mol. The zero-order valence-electron chi connectivity index (χ0n) is 14.9. The third-order valence-corrected chi connectivity index (χ3v) is 4.34. The highest BCUT2D eigenvalue weighted by Crippen LogP contribution is 2.24. The second kappa shape index (κ2) is 8.10. The largest absolute Gasteiger partial charge is 0.465 e. The summed E-state index contributed by atoms with van der Waals surface area (Å²) in [7, 11) is 3.01. The first-order chi connectivity index (χ1) is 13.0. The Morgan fingerprint density at radius 2 is 1.59 bits per heavy atom. The van der Waals surface area contributed by atoms with Crippen LogP contribution in [0.25, 0.3) is 11.3 Å². The van der Waals surface area contributed by atoms with Gasteiger partial charge in [0.2, 0.25) is 0 Å². The van der Waals surface area contributed by atoms with Gasteiger partial charge < -0.3 is 14.1 Å². The highest BCUT2D eigenvalue weighted by Gasteiger charge is 2.15. The maximum absolute atomic E-state index is 12.6. The van der Waals surface area contributed by atoms with Crippen LogP contribution in [0.2, 0.25) is 5.02 Å². The van der Waals surface area contributed by atoms with Crippen LogP contribution in [0.15, 0.2) is 65.1 Å². The van der Waals surface area contributed by atoms with E-state index in [1.165, 1.54) is 7.11 Å². The molecule has 0 unspecified atom stereocenters. The lowest BCUT2D eigenvalue weighted by atomic mass is 10.1. The van der Waals surface area contributed by atoms with Crippen LogP contribution in [0.1, 0.15) is 26.5 Å². The van der Waals surface area contributed by atoms with Crippen molar-refractivity contribution in [2.24, 2.45) is 0 Å². The highest BCUT2D eigenvalue weighted by atomic mass is 35.5. The van der Waals surface area contributed by atoms with Gasteiger partial charge >= 0.3 is 5.97 Å². The normalized spacial score (nSPS) is 10.5. The summed E-state index contributed by atoms with van der Waals surface area (Å²) in [5, 5.41) is 0.661. The summed E-state index contributed by atoms with van der Waals surface area (Å²) < 4.78 is 10.5. The standard InChI is InChI=1S/C21H18ClNO4/c1-23(20(24)15-3-5-16(6-4-15)21(25)26-2)13-18-11-12-19(27-18)14-7-9-17(22)10-8-14/h3-12H,13H2,1-2H3. The second-order valence-corrected chi connectivity index (χ2v) is 6.44. The Balaban J connectivity index is 1.68. The molecule has 0 saturated heterocycles. The molecule has 0 bridgehead atoms. The molecule has 5 nitrogen and oxygen atoms in total. The van der Waals surface area contributed by atoms with Gasteiger partial charge in [-0.05, 0) is 60.7 Å². The van der Waals surface area contributed by atoms with Gasteiger partial charge in [-0.25, -0.2) is 4.79 Å². The number of halogens is 1. The molecule has 0 aliphatic carbocycles. The Morgan fingerprint density at radius 3 is 2.22 bits per heavy atom. The molecule has 1 amide bonds. The maximum atomic E-state index is 12.6. The third-order valence-electron chi connectivity index (χ3n) is 4.08. The van der Waals surface area contributed by atoms with E-state index < -0.39 is 5.97 Å². The smallest absolute Gasteiger partial charge is 0.337 e. The number of benzene rings is 2. The lowest BCUT2D eigenvalue weighted by molar-refractivity contribution is 0.0600. The second-order valence-electron chi connectivity index (χ2n) is 6.00. The van der Waals surface area contributed by atoms with Crippen LogP contribution in [0.4, 0.5) is 0 Å². The van der Waals surface area contributed by atoms with E-state index in [9.17, 15) is 9.59 Å². The van der Waals surface area contributed by atoms with Crippen molar-refractivity contribution in [1.29, 1.82) is 0 Å². The average Bonchev–Trinajstić information content (AvgIpc) is 3.15. The number of hydrogen-bond acceptors (Lipinski definition) is 4. The van der Waals surface area contributed by atoms with Crippen molar-refractivity contribution in [3.05, 3.63) is 82.6 Å². The van der Waals surface area contributed by atoms with Crippen LogP contribution < -0.4 is 0 Å². The number of carbonyl (C=O) groups excluding carboxylic acids is 2. The van der Waals surface area contributed by atoms with E-state index in [1.807, 2.05) is 24.3 Å². The lowest BCUT2D eigenvalue weighted by Crippen LogP contribution is -2.26. The molecule has 0 N–H and O–H groups in total. The molecule has 0 aliphatic rings. The molecule has 0 radical (unpaired) electrons. The molecule has 27 heavy (non-hydrogen) atoms. The molecular formula is C21H18ClNO4. The Bertz CT molecular complexity index is 945. The number of amides is 1. The number of ether oxygens (including phenoxy) is 1. The van der Waals surface area contributed by atoms with Crippen molar-refractivity contribution in [3.63, 3.8) is 0 Å². The molecule has 3 aromatic rings. The van der Waals surface area contributed by atoms with Crippen LogP contribution in [0, 0.1) is 0 Å². The van der Waals surface area contributed by atoms with E-state index in [-0.39, 0.29) is 5.91 Å². The molecule has 1 aromatic heterocycles. The van der Waals surface area contributed by atoms with Crippen molar-refractivity contribution in [2.75, 3.05) is 14.2 Å². The minimum atomic E-state index is -0.437. The van der Waals surface area contributed by atoms with E-state index in [0.717, 1.165) is 5.56 Å². The fourth-order valence-electron chi connectivity index (χ4n) is 2.62. The number of nitrogens with zero attached hydrogens (tertiary/aromatic N) is 1. The third kappa shape index (κ3) is 4.38. The van der Waals surface area contributed by atoms with Gasteiger partial charge in [-0.1, -0.05) is 11.6 Å². The highest BCUT2D eigenvalue weighted by molar-refractivity contribution is 6.30. The molecule has 0 atom stereocenters. The lowest BCUT2D eigenvalue weighted by Gasteiger charge is -2.16. The number of esters is 1. The summed E-state index contributed by atoms with van der Waals surface area (Å²) in [5.41, 5.74) is 1.79. The Morgan fingerprint density at radius 1 is 0.963 bits per heavy atom. The van der Waals surface area contributed by atoms with E-state index >= 15 is 0 Å². The van der Waals surface area contributed by atoms with Crippen molar-refractivity contribution < 1.29 is 18.7 Å². The first kappa shape index (κ1) is 18.7. The zero-order chi connectivity index (χ0) is 19.4. The predicted octanol–water partition coefficient (Wildman–Crippen LogP) is 4.66. The first-order valence-corrected chi connectivity index (χ1v) is 8.64. The van der Waals surface area contributed by atoms with E-state index in [1.54, 1.807) is 48.3 Å². The van der Waals surface area contributed by atoms with Gasteiger partial charge in [-0.3, -0.25) is 4.79 Å². The van der Waals surface area contributed by atoms with Crippen molar-refractivity contribution in [1.82, 2.24) is 4.90 Å². The molecule has 0 saturated carbocycles. The minimum absolute atomic E-state index is 0.171. The fraction of sp³-hybridized carbons (Fsp3) is 0.143. The van der Waals surface area contributed by atoms with Crippen molar-refractivity contribution in [2.45, 2.75) is 6.54 Å². The van der Waals surface area contributed by atoms with Gasteiger partial charge in [0.1, 0.15) is 11.5 Å². The molecule has 3 rings (SSSR count). The number of carbonyl (C=O) groups is 2. The molecule has 0 spiro atoms. The number of rotatable bonds is 5. The maximum Gasteiger partial charge on any atom is 0.337 e. The van der Waals surface area contributed by atoms with Gasteiger partial charge in [0.15, 0.2) is 0 Å². The van der Waals surface area contributed by atoms with Crippen LogP contribution in [-0.4, -0.2) is 30.9 Å². The molecule has 138 valence electrons. The van der Waals surface area contributed by atoms with Gasteiger partial charge in [0.25, 0.3) is 5.91 Å². The predicted molar refractivity (Wildman–Crippen MR) is 103 cm³/mol. The van der Waals surface area contributed by atoms with Crippen LogP contribution >= 0.6 is 11.6 Å². The fourth-order valence-corrected chi connectivity index (χ4v) is 2.75. The SMILES string of the molecule is COC(=O)c1ccc(C(=O)N(C)Cc2ccc(-c3ccc(Cl)cc3)o2)cc1. The van der Waals surface area contributed by atoms with Gasteiger partial charge in [0.05, 0.1) is 19.2 Å². The minimum Gasteiger partial charge on any atom is -0.465 e. The molecule has 0 aliphatic heterocycles. The van der Waals surface area contributed by atoms with Gasteiger partial charge in [0, 0.05) is 23.2 Å². The van der Waals surface area contributed by atoms with Crippen LogP contribution in [0.3, 0.4) is 0 Å². The Kier molecular flexibility index (Phi) is 5.62. The van der Waals surface area contributed by atoms with Crippen LogP contribution in [-0.2, 0) is 11.3 Å². The summed E-state index contributed by atoms with van der Waals surface area (Å²) in [6.45, 7) is 0.325. The van der Waals surface area contributed by atoms with E-state index in [0.29, 0.717) is 34.2 Å². The molecule has 1 heterocycles.